The normalized spacial score (nSPS) is 13.4. The van der Waals surface area contributed by atoms with Gasteiger partial charge in [-0.2, -0.15) is 0 Å². The number of nitrogens with zero attached hydrogens (tertiary/aromatic N) is 1. The molecule has 0 fully saturated rings. The molecule has 6 heteroatoms. The summed E-state index contributed by atoms with van der Waals surface area (Å²) in [6.07, 6.45) is 1.78. The molecule has 2 heterocycles. The van der Waals surface area contributed by atoms with E-state index in [2.05, 4.69) is 15.6 Å². The second-order valence-electron chi connectivity index (χ2n) is 3.83. The number of carbonyl (C=O) groups excluding carboxylic acids is 1. The Kier molecular flexibility index (Phi) is 2.85. The van der Waals surface area contributed by atoms with Crippen molar-refractivity contribution in [3.63, 3.8) is 0 Å². The average Bonchev–Trinajstić information content (AvgIpc) is 2.89. The number of carbonyl (C=O) groups is 1. The highest BCUT2D eigenvalue weighted by atomic mass is 32.1. The van der Waals surface area contributed by atoms with Gasteiger partial charge in [-0.05, 0) is 18.2 Å². The lowest BCUT2D eigenvalue weighted by Gasteiger charge is -2.18. The van der Waals surface area contributed by atoms with E-state index in [9.17, 15) is 4.79 Å². The Labute approximate surface area is 108 Å². The van der Waals surface area contributed by atoms with E-state index in [4.69, 9.17) is 4.74 Å². The van der Waals surface area contributed by atoms with Gasteiger partial charge < -0.3 is 15.4 Å². The van der Waals surface area contributed by atoms with E-state index in [-0.39, 0.29) is 12.5 Å². The first kappa shape index (κ1) is 11.0. The first-order valence-electron chi connectivity index (χ1n) is 5.50. The molecule has 2 aromatic rings. The quantitative estimate of drug-likeness (QED) is 0.888. The van der Waals surface area contributed by atoms with Crippen LogP contribution in [-0.2, 0) is 11.3 Å². The molecule has 1 aliphatic rings. The Bertz CT molecular complexity index is 569. The molecular formula is C12H11N3O2S. The van der Waals surface area contributed by atoms with Crippen molar-refractivity contribution in [3.8, 4) is 5.75 Å². The molecule has 3 rings (SSSR count). The van der Waals surface area contributed by atoms with Gasteiger partial charge in [-0.25, -0.2) is 4.98 Å². The van der Waals surface area contributed by atoms with Crippen LogP contribution >= 0.6 is 11.3 Å². The topological polar surface area (TPSA) is 63.2 Å². The van der Waals surface area contributed by atoms with Crippen LogP contribution < -0.4 is 15.4 Å². The number of fused-ring (bicyclic) bond motifs is 1. The number of amides is 1. The number of hydrogen-bond acceptors (Lipinski definition) is 5. The molecule has 1 amide bonds. The third-order valence-corrected chi connectivity index (χ3v) is 3.32. The van der Waals surface area contributed by atoms with Crippen LogP contribution in [0.15, 0.2) is 29.8 Å². The molecule has 0 saturated carbocycles. The van der Waals surface area contributed by atoms with Gasteiger partial charge in [-0.15, -0.1) is 11.3 Å². The SMILES string of the molecule is O=C1COc2ccc(NCc3nccs3)cc2N1. The number of hydrogen-bond donors (Lipinski definition) is 2. The highest BCUT2D eigenvalue weighted by molar-refractivity contribution is 7.09. The highest BCUT2D eigenvalue weighted by Gasteiger charge is 2.15. The molecule has 18 heavy (non-hydrogen) atoms. The second-order valence-corrected chi connectivity index (χ2v) is 4.81. The minimum absolute atomic E-state index is 0.0822. The van der Waals surface area contributed by atoms with Crippen molar-refractivity contribution in [2.75, 3.05) is 17.2 Å². The van der Waals surface area contributed by atoms with Gasteiger partial charge in [0.1, 0.15) is 10.8 Å². The molecule has 1 aromatic heterocycles. The second kappa shape index (κ2) is 4.66. The molecule has 0 aliphatic carbocycles. The number of benzene rings is 1. The summed E-state index contributed by atoms with van der Waals surface area (Å²) in [5.74, 6) is 0.578. The maximum atomic E-state index is 11.2. The predicted molar refractivity (Wildman–Crippen MR) is 70.0 cm³/mol. The highest BCUT2D eigenvalue weighted by Crippen LogP contribution is 2.30. The fourth-order valence-corrected chi connectivity index (χ4v) is 2.27. The zero-order chi connectivity index (χ0) is 12.4. The van der Waals surface area contributed by atoms with E-state index in [1.54, 1.807) is 17.5 Å². The third-order valence-electron chi connectivity index (χ3n) is 2.54. The summed E-state index contributed by atoms with van der Waals surface area (Å²) in [7, 11) is 0. The van der Waals surface area contributed by atoms with Crippen molar-refractivity contribution >= 4 is 28.6 Å². The molecule has 0 atom stereocenters. The summed E-state index contributed by atoms with van der Waals surface area (Å²) >= 11 is 1.60. The van der Waals surface area contributed by atoms with E-state index in [1.165, 1.54) is 0 Å². The summed E-state index contributed by atoms with van der Waals surface area (Å²) in [6.45, 7) is 0.754. The lowest BCUT2D eigenvalue weighted by atomic mass is 10.2. The molecule has 5 nitrogen and oxygen atoms in total. The molecule has 2 N–H and O–H groups in total. The zero-order valence-corrected chi connectivity index (χ0v) is 10.3. The molecule has 0 unspecified atom stereocenters. The first-order chi connectivity index (χ1) is 8.81. The zero-order valence-electron chi connectivity index (χ0n) is 9.47. The maximum Gasteiger partial charge on any atom is 0.262 e. The van der Waals surface area contributed by atoms with E-state index >= 15 is 0 Å². The van der Waals surface area contributed by atoms with Crippen LogP contribution in [-0.4, -0.2) is 17.5 Å². The van der Waals surface area contributed by atoms with Gasteiger partial charge in [0.15, 0.2) is 6.61 Å². The number of nitrogens with one attached hydrogen (secondary N) is 2. The maximum absolute atomic E-state index is 11.2. The molecule has 1 aliphatic heterocycles. The minimum atomic E-state index is -0.125. The van der Waals surface area contributed by atoms with Crippen LogP contribution in [0.25, 0.3) is 0 Å². The van der Waals surface area contributed by atoms with Crippen molar-refractivity contribution in [1.82, 2.24) is 4.98 Å². The summed E-state index contributed by atoms with van der Waals surface area (Å²) in [5.41, 5.74) is 1.63. The van der Waals surface area contributed by atoms with Gasteiger partial charge in [0.25, 0.3) is 5.91 Å². The first-order valence-corrected chi connectivity index (χ1v) is 6.38. The lowest BCUT2D eigenvalue weighted by molar-refractivity contribution is -0.118. The number of rotatable bonds is 3. The summed E-state index contributed by atoms with van der Waals surface area (Å²) in [6, 6.07) is 5.63. The van der Waals surface area contributed by atoms with Crippen LogP contribution in [0.2, 0.25) is 0 Å². The van der Waals surface area contributed by atoms with Gasteiger partial charge >= 0.3 is 0 Å². The Morgan fingerprint density at radius 1 is 1.50 bits per heavy atom. The van der Waals surface area contributed by atoms with Crippen LogP contribution in [0.3, 0.4) is 0 Å². The van der Waals surface area contributed by atoms with E-state index in [1.807, 2.05) is 23.6 Å². The van der Waals surface area contributed by atoms with Crippen molar-refractivity contribution in [2.45, 2.75) is 6.54 Å². The van der Waals surface area contributed by atoms with E-state index in [0.29, 0.717) is 18.0 Å². The molecule has 0 saturated heterocycles. The van der Waals surface area contributed by atoms with Gasteiger partial charge in [0, 0.05) is 17.3 Å². The molecule has 0 radical (unpaired) electrons. The fraction of sp³-hybridized carbons (Fsp3) is 0.167. The number of anilines is 2. The Morgan fingerprint density at radius 3 is 3.28 bits per heavy atom. The molecule has 0 spiro atoms. The minimum Gasteiger partial charge on any atom is -0.482 e. The molecule has 1 aromatic carbocycles. The van der Waals surface area contributed by atoms with Crippen molar-refractivity contribution < 1.29 is 9.53 Å². The van der Waals surface area contributed by atoms with Crippen molar-refractivity contribution in [2.24, 2.45) is 0 Å². The predicted octanol–water partition coefficient (Wildman–Crippen LogP) is 2.09. The number of ether oxygens (including phenoxy) is 1. The van der Waals surface area contributed by atoms with Crippen LogP contribution in [0.5, 0.6) is 5.75 Å². The van der Waals surface area contributed by atoms with Crippen LogP contribution in [0.4, 0.5) is 11.4 Å². The lowest BCUT2D eigenvalue weighted by Crippen LogP contribution is -2.25. The molecule has 0 bridgehead atoms. The van der Waals surface area contributed by atoms with E-state index < -0.39 is 0 Å². The van der Waals surface area contributed by atoms with E-state index in [0.717, 1.165) is 10.7 Å². The standard InChI is InChI=1S/C12H11N3O2S/c16-11-7-17-10-2-1-8(5-9(10)15-11)14-6-12-13-3-4-18-12/h1-5,14H,6-7H2,(H,15,16). The van der Waals surface area contributed by atoms with Crippen molar-refractivity contribution in [1.29, 1.82) is 0 Å². The Hall–Kier alpha value is -2.08. The van der Waals surface area contributed by atoms with Crippen molar-refractivity contribution in [3.05, 3.63) is 34.8 Å². The third kappa shape index (κ3) is 2.28. The van der Waals surface area contributed by atoms with Gasteiger partial charge in [0.05, 0.1) is 12.2 Å². The number of thiazole rings is 1. The smallest absolute Gasteiger partial charge is 0.262 e. The van der Waals surface area contributed by atoms with Crippen LogP contribution in [0, 0.1) is 0 Å². The average molecular weight is 261 g/mol. The van der Waals surface area contributed by atoms with Gasteiger partial charge in [-0.3, -0.25) is 4.79 Å². The summed E-state index contributed by atoms with van der Waals surface area (Å²) in [4.78, 5) is 15.4. The fourth-order valence-electron chi connectivity index (χ4n) is 1.71. The van der Waals surface area contributed by atoms with Crippen LogP contribution in [0.1, 0.15) is 5.01 Å². The summed E-state index contributed by atoms with van der Waals surface area (Å²) < 4.78 is 5.29. The molecular weight excluding hydrogens is 250 g/mol. The number of aromatic nitrogens is 1. The van der Waals surface area contributed by atoms with Gasteiger partial charge in [-0.1, -0.05) is 0 Å². The summed E-state index contributed by atoms with van der Waals surface area (Å²) in [5, 5.41) is 8.99. The molecule has 92 valence electrons. The Morgan fingerprint density at radius 2 is 2.44 bits per heavy atom. The van der Waals surface area contributed by atoms with Gasteiger partial charge in [0.2, 0.25) is 0 Å². The monoisotopic (exact) mass is 261 g/mol. The Balaban J connectivity index is 1.73. The largest absolute Gasteiger partial charge is 0.482 e.